The molecule has 4 N–H and O–H groups in total. The van der Waals surface area contributed by atoms with E-state index < -0.39 is 6.10 Å². The quantitative estimate of drug-likeness (QED) is 0.636. The van der Waals surface area contributed by atoms with Crippen LogP contribution in [-0.2, 0) is 4.79 Å². The molecule has 0 bridgehead atoms. The van der Waals surface area contributed by atoms with Gasteiger partial charge in [-0.25, -0.2) is 0 Å². The number of rotatable bonds is 7. The monoisotopic (exact) mass is 265 g/mol. The molecule has 0 radical (unpaired) electrons. The number of likely N-dealkylation sites (N-methyl/N-ethyl adjacent to an activating group) is 1. The predicted octanol–water partition coefficient (Wildman–Crippen LogP) is 0.760. The van der Waals surface area contributed by atoms with Gasteiger partial charge in [0.2, 0.25) is 5.91 Å². The lowest BCUT2D eigenvalue weighted by Gasteiger charge is -2.24. The van der Waals surface area contributed by atoms with Gasteiger partial charge in [0.25, 0.3) is 0 Å². The Morgan fingerprint density at radius 2 is 2.26 bits per heavy atom. The zero-order chi connectivity index (χ0) is 14.3. The van der Waals surface area contributed by atoms with Crippen molar-refractivity contribution in [3.8, 4) is 0 Å². The number of carbonyl (C=O) groups excluding carboxylic acids is 1. The molecule has 1 aromatic carbocycles. The van der Waals surface area contributed by atoms with E-state index in [2.05, 4.69) is 5.32 Å². The summed E-state index contributed by atoms with van der Waals surface area (Å²) in [5.41, 5.74) is 7.10. The van der Waals surface area contributed by atoms with E-state index >= 15 is 0 Å². The van der Waals surface area contributed by atoms with Gasteiger partial charge in [-0.05, 0) is 30.7 Å². The van der Waals surface area contributed by atoms with Crippen LogP contribution in [0.25, 0.3) is 0 Å². The van der Waals surface area contributed by atoms with Crippen LogP contribution in [0.4, 0.5) is 5.69 Å². The van der Waals surface area contributed by atoms with E-state index in [1.54, 1.807) is 19.2 Å². The minimum atomic E-state index is -0.639. The second-order valence-corrected chi connectivity index (χ2v) is 4.59. The molecule has 0 aliphatic carbocycles. The molecule has 1 aromatic rings. The second-order valence-electron chi connectivity index (χ2n) is 4.59. The average Bonchev–Trinajstić information content (AvgIpc) is 2.38. The molecule has 1 unspecified atom stereocenters. The number of nitrogens with one attached hydrogen (secondary N) is 1. The molecule has 19 heavy (non-hydrogen) atoms. The van der Waals surface area contributed by atoms with Crippen molar-refractivity contribution in [1.82, 2.24) is 10.2 Å². The van der Waals surface area contributed by atoms with E-state index in [-0.39, 0.29) is 5.91 Å². The highest BCUT2D eigenvalue weighted by Crippen LogP contribution is 2.17. The first-order valence-electron chi connectivity index (χ1n) is 6.53. The van der Waals surface area contributed by atoms with Gasteiger partial charge < -0.3 is 16.2 Å². The van der Waals surface area contributed by atoms with Crippen LogP contribution in [-0.4, -0.2) is 42.6 Å². The van der Waals surface area contributed by atoms with Crippen LogP contribution >= 0.6 is 0 Å². The van der Waals surface area contributed by atoms with Gasteiger partial charge >= 0.3 is 0 Å². The van der Waals surface area contributed by atoms with Crippen LogP contribution in [0.2, 0.25) is 0 Å². The van der Waals surface area contributed by atoms with E-state index in [9.17, 15) is 9.90 Å². The molecule has 0 heterocycles. The Labute approximate surface area is 114 Å². The molecule has 0 spiro atoms. The number of benzene rings is 1. The number of nitrogens with two attached hydrogens (primary N) is 1. The molecule has 1 atom stereocenters. The lowest BCUT2D eigenvalue weighted by Crippen LogP contribution is -2.38. The molecule has 106 valence electrons. The van der Waals surface area contributed by atoms with Crippen molar-refractivity contribution in [3.05, 3.63) is 29.8 Å². The molecule has 0 aliphatic heterocycles. The summed E-state index contributed by atoms with van der Waals surface area (Å²) in [5.74, 6) is -0.0479. The highest BCUT2D eigenvalue weighted by Gasteiger charge is 2.15. The number of carbonyl (C=O) groups is 1. The normalized spacial score (nSPS) is 12.4. The molecule has 1 rings (SSSR count). The van der Waals surface area contributed by atoms with Gasteiger partial charge in [0, 0.05) is 19.3 Å². The van der Waals surface area contributed by atoms with Gasteiger partial charge in [-0.15, -0.1) is 0 Å². The van der Waals surface area contributed by atoms with E-state index in [0.717, 1.165) is 18.5 Å². The fourth-order valence-corrected chi connectivity index (χ4v) is 1.95. The van der Waals surface area contributed by atoms with Gasteiger partial charge in [-0.3, -0.25) is 9.69 Å². The molecule has 5 heteroatoms. The Morgan fingerprint density at radius 1 is 1.53 bits per heavy atom. The van der Waals surface area contributed by atoms with Crippen molar-refractivity contribution < 1.29 is 9.90 Å². The maximum absolute atomic E-state index is 11.4. The molecule has 0 aliphatic rings. The summed E-state index contributed by atoms with van der Waals surface area (Å²) in [4.78, 5) is 13.4. The highest BCUT2D eigenvalue weighted by molar-refractivity contribution is 5.77. The second kappa shape index (κ2) is 7.76. The number of hydrogen-bond donors (Lipinski definition) is 3. The van der Waals surface area contributed by atoms with Crippen molar-refractivity contribution >= 4 is 11.6 Å². The van der Waals surface area contributed by atoms with Crippen molar-refractivity contribution in [3.63, 3.8) is 0 Å². The summed E-state index contributed by atoms with van der Waals surface area (Å²) in [6.45, 7) is 3.53. The molecule has 0 fully saturated rings. The molecule has 0 saturated heterocycles. The lowest BCUT2D eigenvalue weighted by atomic mass is 10.1. The van der Waals surface area contributed by atoms with E-state index in [0.29, 0.717) is 18.8 Å². The maximum atomic E-state index is 11.4. The van der Waals surface area contributed by atoms with Gasteiger partial charge in [-0.1, -0.05) is 19.1 Å². The number of aliphatic hydroxyl groups excluding tert-OH is 1. The zero-order valence-corrected chi connectivity index (χ0v) is 11.6. The Morgan fingerprint density at radius 3 is 2.84 bits per heavy atom. The fraction of sp³-hybridized carbons (Fsp3) is 0.500. The van der Waals surface area contributed by atoms with Crippen LogP contribution in [0, 0.1) is 0 Å². The molecule has 5 nitrogen and oxygen atoms in total. The largest absolute Gasteiger partial charge is 0.399 e. The van der Waals surface area contributed by atoms with Crippen molar-refractivity contribution in [1.29, 1.82) is 0 Å². The molecule has 0 aromatic heterocycles. The van der Waals surface area contributed by atoms with Crippen LogP contribution in [0.1, 0.15) is 25.0 Å². The summed E-state index contributed by atoms with van der Waals surface area (Å²) < 4.78 is 0. The van der Waals surface area contributed by atoms with Crippen molar-refractivity contribution in [2.75, 3.05) is 32.4 Å². The third-order valence-corrected chi connectivity index (χ3v) is 2.91. The SMILES string of the molecule is CCCN(CC(=O)NC)CC(O)c1cccc(N)c1. The van der Waals surface area contributed by atoms with Crippen LogP contribution in [0.3, 0.4) is 0 Å². The van der Waals surface area contributed by atoms with E-state index in [1.807, 2.05) is 24.0 Å². The highest BCUT2D eigenvalue weighted by atomic mass is 16.3. The first kappa shape index (κ1) is 15.5. The van der Waals surface area contributed by atoms with Crippen molar-refractivity contribution in [2.45, 2.75) is 19.4 Å². The number of anilines is 1. The van der Waals surface area contributed by atoms with E-state index in [4.69, 9.17) is 5.73 Å². The van der Waals surface area contributed by atoms with Crippen LogP contribution < -0.4 is 11.1 Å². The summed E-state index contributed by atoms with van der Waals surface area (Å²) >= 11 is 0. The zero-order valence-electron chi connectivity index (χ0n) is 11.6. The minimum absolute atomic E-state index is 0.0479. The summed E-state index contributed by atoms with van der Waals surface area (Å²) in [7, 11) is 1.61. The summed E-state index contributed by atoms with van der Waals surface area (Å²) in [5, 5.41) is 12.8. The van der Waals surface area contributed by atoms with Crippen LogP contribution in [0.5, 0.6) is 0 Å². The molecular weight excluding hydrogens is 242 g/mol. The third kappa shape index (κ3) is 5.28. The summed E-state index contributed by atoms with van der Waals surface area (Å²) in [6, 6.07) is 7.20. The average molecular weight is 265 g/mol. The number of hydrogen-bond acceptors (Lipinski definition) is 4. The number of amides is 1. The topological polar surface area (TPSA) is 78.6 Å². The fourth-order valence-electron chi connectivity index (χ4n) is 1.95. The van der Waals surface area contributed by atoms with Gasteiger partial charge in [-0.2, -0.15) is 0 Å². The van der Waals surface area contributed by atoms with Gasteiger partial charge in [0.1, 0.15) is 0 Å². The number of nitrogen functional groups attached to an aromatic ring is 1. The molecule has 1 amide bonds. The smallest absolute Gasteiger partial charge is 0.233 e. The number of nitrogens with zero attached hydrogens (tertiary/aromatic N) is 1. The lowest BCUT2D eigenvalue weighted by molar-refractivity contribution is -0.122. The number of aliphatic hydroxyl groups is 1. The van der Waals surface area contributed by atoms with Crippen molar-refractivity contribution in [2.24, 2.45) is 0 Å². The Hall–Kier alpha value is -1.59. The van der Waals surface area contributed by atoms with Crippen LogP contribution in [0.15, 0.2) is 24.3 Å². The Bertz CT molecular complexity index is 409. The molecular formula is C14H23N3O2. The first-order valence-corrected chi connectivity index (χ1v) is 6.53. The first-order chi connectivity index (χ1) is 9.06. The third-order valence-electron chi connectivity index (χ3n) is 2.91. The Balaban J connectivity index is 2.64. The standard InChI is InChI=1S/C14H23N3O2/c1-3-7-17(10-14(19)16-2)9-13(18)11-5-4-6-12(15)8-11/h4-6,8,13,18H,3,7,9-10,15H2,1-2H3,(H,16,19). The molecule has 0 saturated carbocycles. The van der Waals surface area contributed by atoms with Gasteiger partial charge in [0.15, 0.2) is 0 Å². The van der Waals surface area contributed by atoms with E-state index in [1.165, 1.54) is 0 Å². The Kier molecular flexibility index (Phi) is 6.32. The van der Waals surface area contributed by atoms with Gasteiger partial charge in [0.05, 0.1) is 12.6 Å². The minimum Gasteiger partial charge on any atom is -0.399 e. The summed E-state index contributed by atoms with van der Waals surface area (Å²) in [6.07, 6.45) is 0.292. The predicted molar refractivity (Wildman–Crippen MR) is 76.6 cm³/mol. The maximum Gasteiger partial charge on any atom is 0.233 e.